The van der Waals surface area contributed by atoms with Crippen LogP contribution in [0.15, 0.2) is 36.4 Å². The maximum atomic E-state index is 13.0. The molecule has 0 aliphatic carbocycles. The number of carbonyl (C=O) groups excluding carboxylic acids is 3. The van der Waals surface area contributed by atoms with Crippen LogP contribution in [-0.2, 0) is 23.9 Å². The van der Waals surface area contributed by atoms with Crippen LogP contribution in [0.3, 0.4) is 0 Å². The lowest BCUT2D eigenvalue weighted by Crippen LogP contribution is -2.44. The Hall–Kier alpha value is -3.00. The molecule has 0 radical (unpaired) electrons. The van der Waals surface area contributed by atoms with E-state index in [9.17, 15) is 19.2 Å². The van der Waals surface area contributed by atoms with Crippen LogP contribution in [0.1, 0.15) is 17.3 Å². The number of rotatable bonds is 4. The predicted molar refractivity (Wildman–Crippen MR) is 86.3 cm³/mol. The number of fused-ring (bicyclic) bond motifs is 5. The van der Waals surface area contributed by atoms with Crippen LogP contribution >= 0.6 is 0 Å². The zero-order chi connectivity index (χ0) is 18.6. The highest BCUT2D eigenvalue weighted by Gasteiger charge is 2.68. The number of hydrogen-bond donors (Lipinski definition) is 1. The number of carboxylic acid groups (broad SMARTS) is 1. The molecule has 0 saturated carbocycles. The third-order valence-corrected chi connectivity index (χ3v) is 5.03. The number of amides is 2. The molecule has 2 saturated heterocycles. The molecule has 2 bridgehead atoms. The van der Waals surface area contributed by atoms with Crippen molar-refractivity contribution in [3.63, 3.8) is 0 Å². The average molecular weight is 357 g/mol. The Balaban J connectivity index is 1.66. The van der Waals surface area contributed by atoms with Crippen molar-refractivity contribution in [1.29, 1.82) is 0 Å². The van der Waals surface area contributed by atoms with E-state index in [1.54, 1.807) is 12.2 Å². The second-order valence-corrected chi connectivity index (χ2v) is 6.54. The van der Waals surface area contributed by atoms with Crippen molar-refractivity contribution in [1.82, 2.24) is 0 Å². The van der Waals surface area contributed by atoms with Gasteiger partial charge in [0.05, 0.1) is 29.2 Å². The summed E-state index contributed by atoms with van der Waals surface area (Å²) in [5.41, 5.74) is -0.769. The van der Waals surface area contributed by atoms with E-state index < -0.39 is 47.3 Å². The van der Waals surface area contributed by atoms with Crippen molar-refractivity contribution in [3.8, 4) is 0 Å². The highest BCUT2D eigenvalue weighted by molar-refractivity contribution is 6.23. The van der Waals surface area contributed by atoms with Crippen molar-refractivity contribution in [3.05, 3.63) is 42.0 Å². The number of aromatic carboxylic acids is 1. The van der Waals surface area contributed by atoms with Crippen molar-refractivity contribution in [2.24, 2.45) is 11.8 Å². The van der Waals surface area contributed by atoms with E-state index in [0.29, 0.717) is 5.69 Å². The molecule has 4 atom stereocenters. The van der Waals surface area contributed by atoms with Gasteiger partial charge in [-0.2, -0.15) is 0 Å². The second kappa shape index (κ2) is 5.50. The van der Waals surface area contributed by atoms with Gasteiger partial charge in [0.1, 0.15) is 12.2 Å². The molecule has 1 aromatic carbocycles. The van der Waals surface area contributed by atoms with Gasteiger partial charge in [0.2, 0.25) is 11.8 Å². The largest absolute Gasteiger partial charge is 0.478 e. The van der Waals surface area contributed by atoms with Gasteiger partial charge in [-0.3, -0.25) is 14.4 Å². The Bertz CT molecular complexity index is 859. The van der Waals surface area contributed by atoms with E-state index in [0.717, 1.165) is 4.90 Å². The van der Waals surface area contributed by atoms with Gasteiger partial charge in [-0.05, 0) is 30.3 Å². The Kier molecular flexibility index (Phi) is 3.48. The van der Waals surface area contributed by atoms with Crippen LogP contribution in [0, 0.1) is 11.8 Å². The fourth-order valence-corrected chi connectivity index (χ4v) is 3.89. The minimum atomic E-state index is -1.14. The molecule has 0 spiro atoms. The van der Waals surface area contributed by atoms with E-state index in [-0.39, 0.29) is 12.2 Å². The third kappa shape index (κ3) is 2.19. The van der Waals surface area contributed by atoms with E-state index in [4.69, 9.17) is 14.6 Å². The van der Waals surface area contributed by atoms with Gasteiger partial charge < -0.3 is 14.6 Å². The summed E-state index contributed by atoms with van der Waals surface area (Å²) in [5.74, 6) is -3.89. The molecule has 0 unspecified atom stereocenters. The number of nitrogens with zero attached hydrogens (tertiary/aromatic N) is 1. The lowest BCUT2D eigenvalue weighted by atomic mass is 9.77. The Labute approximate surface area is 148 Å². The smallest absolute Gasteiger partial charge is 0.335 e. The number of carboxylic acids is 1. The molecule has 0 aromatic heterocycles. The molecule has 8 heteroatoms. The summed E-state index contributed by atoms with van der Waals surface area (Å²) in [5, 5.41) is 8.98. The van der Waals surface area contributed by atoms with Gasteiger partial charge in [0, 0.05) is 6.92 Å². The minimum Gasteiger partial charge on any atom is -0.478 e. The van der Waals surface area contributed by atoms with E-state index >= 15 is 0 Å². The standard InChI is InChI=1S/C18H15NO7/c1-9(20)25-8-18-7-6-12(26-18)13-14(18)16(22)19(15(13)21)11-4-2-10(3-5-11)17(23)24/h2-7,12-14H,8H2,1H3,(H,23,24)/t12-,13+,14+,18-/m1/s1. The lowest BCUT2D eigenvalue weighted by Gasteiger charge is -2.28. The molecule has 2 amide bonds. The monoisotopic (exact) mass is 357 g/mol. The second-order valence-electron chi connectivity index (χ2n) is 6.54. The van der Waals surface area contributed by atoms with Crippen molar-refractivity contribution in [2.45, 2.75) is 18.6 Å². The van der Waals surface area contributed by atoms with Gasteiger partial charge in [-0.1, -0.05) is 6.08 Å². The van der Waals surface area contributed by atoms with Crippen LogP contribution in [0.2, 0.25) is 0 Å². The van der Waals surface area contributed by atoms with Crippen molar-refractivity contribution < 1.29 is 33.8 Å². The van der Waals surface area contributed by atoms with Gasteiger partial charge in [-0.15, -0.1) is 0 Å². The zero-order valence-corrected chi connectivity index (χ0v) is 13.7. The van der Waals surface area contributed by atoms with Crippen LogP contribution < -0.4 is 4.90 Å². The first-order valence-corrected chi connectivity index (χ1v) is 8.06. The van der Waals surface area contributed by atoms with Gasteiger partial charge in [0.15, 0.2) is 0 Å². The van der Waals surface area contributed by atoms with Crippen molar-refractivity contribution in [2.75, 3.05) is 11.5 Å². The number of anilines is 1. The fraction of sp³-hybridized carbons (Fsp3) is 0.333. The molecule has 134 valence electrons. The Morgan fingerprint density at radius 2 is 1.92 bits per heavy atom. The number of benzene rings is 1. The third-order valence-electron chi connectivity index (χ3n) is 5.03. The molecule has 1 aromatic rings. The summed E-state index contributed by atoms with van der Waals surface area (Å²) in [6, 6.07) is 5.53. The number of imide groups is 1. The normalized spacial score (nSPS) is 31.4. The van der Waals surface area contributed by atoms with Crippen molar-refractivity contribution >= 4 is 29.4 Å². The first-order valence-electron chi connectivity index (χ1n) is 8.06. The number of esters is 1. The molecule has 3 aliphatic heterocycles. The summed E-state index contributed by atoms with van der Waals surface area (Å²) in [6.07, 6.45) is 2.85. The molecule has 4 rings (SSSR count). The average Bonchev–Trinajstić information content (AvgIpc) is 3.24. The number of carbonyl (C=O) groups is 4. The zero-order valence-electron chi connectivity index (χ0n) is 13.7. The Morgan fingerprint density at radius 1 is 1.23 bits per heavy atom. The molecule has 3 aliphatic rings. The van der Waals surface area contributed by atoms with Crippen LogP contribution in [0.25, 0.3) is 0 Å². The lowest BCUT2D eigenvalue weighted by molar-refractivity contribution is -0.150. The van der Waals surface area contributed by atoms with E-state index in [1.165, 1.54) is 31.2 Å². The molecule has 2 fully saturated rings. The topological polar surface area (TPSA) is 110 Å². The predicted octanol–water partition coefficient (Wildman–Crippen LogP) is 0.761. The highest BCUT2D eigenvalue weighted by atomic mass is 16.6. The molecular weight excluding hydrogens is 342 g/mol. The molecule has 8 nitrogen and oxygen atoms in total. The van der Waals surface area contributed by atoms with E-state index in [1.807, 2.05) is 0 Å². The number of hydrogen-bond acceptors (Lipinski definition) is 6. The summed E-state index contributed by atoms with van der Waals surface area (Å²) in [6.45, 7) is 1.12. The Morgan fingerprint density at radius 3 is 2.54 bits per heavy atom. The first kappa shape index (κ1) is 16.5. The summed E-state index contributed by atoms with van der Waals surface area (Å²) in [7, 11) is 0. The van der Waals surface area contributed by atoms with Crippen LogP contribution in [-0.4, -0.2) is 47.2 Å². The van der Waals surface area contributed by atoms with Gasteiger partial charge in [0.25, 0.3) is 0 Å². The SMILES string of the molecule is CC(=O)OC[C@@]12C=C[C@@H](O1)[C@@H]1C(=O)N(c3ccc(C(=O)O)cc3)C(=O)[C@H]12. The minimum absolute atomic E-state index is 0.0597. The quantitative estimate of drug-likeness (QED) is 0.481. The summed E-state index contributed by atoms with van der Waals surface area (Å²) < 4.78 is 10.9. The number of ether oxygens (including phenoxy) is 2. The maximum absolute atomic E-state index is 13.0. The van der Waals surface area contributed by atoms with Gasteiger partial charge in [-0.25, -0.2) is 9.69 Å². The van der Waals surface area contributed by atoms with Crippen LogP contribution in [0.4, 0.5) is 5.69 Å². The fourth-order valence-electron chi connectivity index (χ4n) is 3.89. The molecule has 3 heterocycles. The van der Waals surface area contributed by atoms with E-state index in [2.05, 4.69) is 0 Å². The maximum Gasteiger partial charge on any atom is 0.335 e. The molecule has 26 heavy (non-hydrogen) atoms. The summed E-state index contributed by atoms with van der Waals surface area (Å²) in [4.78, 5) is 49.0. The molecular formula is C18H15NO7. The highest BCUT2D eigenvalue weighted by Crippen LogP contribution is 2.52. The summed E-state index contributed by atoms with van der Waals surface area (Å²) >= 11 is 0. The molecule has 1 N–H and O–H groups in total. The van der Waals surface area contributed by atoms with Gasteiger partial charge >= 0.3 is 11.9 Å². The first-order chi connectivity index (χ1) is 12.3. The van der Waals surface area contributed by atoms with Crippen LogP contribution in [0.5, 0.6) is 0 Å².